The summed E-state index contributed by atoms with van der Waals surface area (Å²) < 4.78 is 12.9. The highest BCUT2D eigenvalue weighted by Gasteiger charge is 2.77. The Morgan fingerprint density at radius 3 is 2.61 bits per heavy atom. The second kappa shape index (κ2) is 6.30. The summed E-state index contributed by atoms with van der Waals surface area (Å²) in [4.78, 5) is 27.3. The lowest BCUT2D eigenvalue weighted by molar-refractivity contribution is -0.228. The number of carbonyl (C=O) groups is 2. The quantitative estimate of drug-likeness (QED) is 0.694. The van der Waals surface area contributed by atoms with Gasteiger partial charge in [0.2, 0.25) is 0 Å². The van der Waals surface area contributed by atoms with E-state index >= 15 is 0 Å². The maximum Gasteiger partial charge on any atom is 0.257 e. The predicted molar refractivity (Wildman–Crippen MR) is 115 cm³/mol. The van der Waals surface area contributed by atoms with E-state index in [1.807, 2.05) is 19.9 Å². The Hall–Kier alpha value is -1.50. The average molecular weight is 430 g/mol. The summed E-state index contributed by atoms with van der Waals surface area (Å²) in [6, 6.07) is 0. The first-order valence-electron chi connectivity index (χ1n) is 11.6. The van der Waals surface area contributed by atoms with Crippen LogP contribution in [0, 0.1) is 28.6 Å². The molecular weight excluding hydrogens is 394 g/mol. The monoisotopic (exact) mass is 429 g/mol. The number of rotatable bonds is 1. The number of fused-ring (bicyclic) bond motifs is 7. The first kappa shape index (κ1) is 21.4. The molecule has 5 rings (SSSR count). The summed E-state index contributed by atoms with van der Waals surface area (Å²) in [6.07, 6.45) is 7.52. The van der Waals surface area contributed by atoms with Gasteiger partial charge in [-0.3, -0.25) is 9.59 Å². The average Bonchev–Trinajstić information content (AvgIpc) is 3.07. The maximum absolute atomic E-state index is 13.7. The molecule has 1 heterocycles. The molecule has 170 valence electrons. The van der Waals surface area contributed by atoms with Crippen molar-refractivity contribution in [1.82, 2.24) is 4.90 Å². The number of allylic oxidation sites excluding steroid dienone is 4. The van der Waals surface area contributed by atoms with E-state index in [9.17, 15) is 14.7 Å². The number of ether oxygens (including phenoxy) is 2. The van der Waals surface area contributed by atoms with Crippen LogP contribution in [0.3, 0.4) is 0 Å². The Kier molecular flexibility index (Phi) is 4.34. The van der Waals surface area contributed by atoms with E-state index in [1.54, 1.807) is 31.1 Å². The van der Waals surface area contributed by atoms with Crippen LogP contribution in [0.5, 0.6) is 0 Å². The largest absolute Gasteiger partial charge is 0.393 e. The number of carbonyl (C=O) groups excluding carboxylic acids is 2. The molecule has 0 aromatic rings. The van der Waals surface area contributed by atoms with Crippen LogP contribution >= 0.6 is 0 Å². The van der Waals surface area contributed by atoms with Gasteiger partial charge < -0.3 is 19.5 Å². The van der Waals surface area contributed by atoms with Gasteiger partial charge in [-0.2, -0.15) is 0 Å². The first-order chi connectivity index (χ1) is 14.4. The number of aliphatic hydroxyl groups excluding tert-OH is 1. The van der Waals surface area contributed by atoms with Crippen LogP contribution in [0.15, 0.2) is 23.8 Å². The van der Waals surface area contributed by atoms with Crippen molar-refractivity contribution in [2.75, 3.05) is 14.1 Å². The molecule has 0 bridgehead atoms. The minimum absolute atomic E-state index is 0.0215. The molecule has 31 heavy (non-hydrogen) atoms. The molecule has 1 aliphatic heterocycles. The Morgan fingerprint density at radius 1 is 1.23 bits per heavy atom. The molecular formula is C25H35NO5. The fourth-order valence-corrected chi connectivity index (χ4v) is 8.12. The molecule has 1 amide bonds. The zero-order valence-corrected chi connectivity index (χ0v) is 19.5. The van der Waals surface area contributed by atoms with Crippen LogP contribution in [0.2, 0.25) is 0 Å². The Bertz CT molecular complexity index is 906. The van der Waals surface area contributed by atoms with Crippen molar-refractivity contribution < 1.29 is 24.2 Å². The van der Waals surface area contributed by atoms with Crippen LogP contribution in [0.1, 0.15) is 53.4 Å². The van der Waals surface area contributed by atoms with Gasteiger partial charge >= 0.3 is 0 Å². The van der Waals surface area contributed by atoms with Crippen LogP contribution in [0.4, 0.5) is 0 Å². The zero-order valence-electron chi connectivity index (χ0n) is 19.5. The van der Waals surface area contributed by atoms with E-state index in [0.717, 1.165) is 24.8 Å². The fourth-order valence-electron chi connectivity index (χ4n) is 8.12. The number of nitrogens with zero attached hydrogens (tertiary/aromatic N) is 1. The highest BCUT2D eigenvalue weighted by Crippen LogP contribution is 2.70. The Balaban J connectivity index is 1.60. The lowest BCUT2D eigenvalue weighted by Gasteiger charge is -2.60. The summed E-state index contributed by atoms with van der Waals surface area (Å²) in [5, 5.41) is 11.6. The van der Waals surface area contributed by atoms with Gasteiger partial charge in [0.05, 0.1) is 12.2 Å². The van der Waals surface area contributed by atoms with Crippen LogP contribution in [0.25, 0.3) is 0 Å². The van der Waals surface area contributed by atoms with Gasteiger partial charge in [0, 0.05) is 30.8 Å². The van der Waals surface area contributed by atoms with Crippen molar-refractivity contribution in [3.05, 3.63) is 23.8 Å². The van der Waals surface area contributed by atoms with E-state index in [-0.39, 0.29) is 41.0 Å². The number of hydrogen-bond donors (Lipinski definition) is 1. The highest BCUT2D eigenvalue weighted by molar-refractivity contribution is 6.01. The number of hydrogen-bond acceptors (Lipinski definition) is 5. The lowest BCUT2D eigenvalue weighted by Crippen LogP contribution is -2.65. The Labute approximate surface area is 184 Å². The van der Waals surface area contributed by atoms with Crippen molar-refractivity contribution in [2.24, 2.45) is 28.6 Å². The molecule has 8 atom stereocenters. The van der Waals surface area contributed by atoms with Crippen molar-refractivity contribution >= 4 is 11.7 Å². The third-order valence-corrected chi connectivity index (χ3v) is 9.21. The standard InChI is InChI=1S/C25H35NO5/c1-22(2)30-19-12-17-16-8-7-14-11-15(27)9-10-23(14,3)20(16)18(28)13-24(17,4)25(19,31-22)21(29)26(5)6/h9-11,16-20,28H,7-8,12-13H2,1-6H3/t16?,17-,18?,19+,20+,23-,24-,25-/m0/s1. The fraction of sp³-hybridized carbons (Fsp3) is 0.760. The SMILES string of the molecule is CN(C)C(=O)[C@@]12OC(C)(C)O[C@@H]1C[C@H]1C3CCC4=CC(=O)C=C[C@]4(C)[C@H]3C(O)C[C@@]12C. The van der Waals surface area contributed by atoms with Gasteiger partial charge in [-0.25, -0.2) is 0 Å². The number of ketones is 1. The zero-order chi connectivity index (χ0) is 22.6. The van der Waals surface area contributed by atoms with Gasteiger partial charge in [0.25, 0.3) is 5.91 Å². The second-order valence-corrected chi connectivity index (χ2v) is 11.5. The molecule has 3 saturated carbocycles. The molecule has 6 nitrogen and oxygen atoms in total. The third kappa shape index (κ3) is 2.56. The number of likely N-dealkylation sites (N-methyl/N-ethyl adjacent to an activating group) is 1. The van der Waals surface area contributed by atoms with E-state index in [0.29, 0.717) is 6.42 Å². The molecule has 0 spiro atoms. The van der Waals surface area contributed by atoms with Gasteiger partial charge in [-0.1, -0.05) is 25.5 Å². The molecule has 1 saturated heterocycles. The van der Waals surface area contributed by atoms with Gasteiger partial charge in [0.15, 0.2) is 17.2 Å². The highest BCUT2D eigenvalue weighted by atomic mass is 16.8. The number of aliphatic hydroxyl groups is 1. The summed E-state index contributed by atoms with van der Waals surface area (Å²) >= 11 is 0. The molecule has 0 radical (unpaired) electrons. The first-order valence-corrected chi connectivity index (χ1v) is 11.6. The third-order valence-electron chi connectivity index (χ3n) is 9.21. The van der Waals surface area contributed by atoms with Gasteiger partial charge in [0.1, 0.15) is 0 Å². The van der Waals surface area contributed by atoms with E-state index < -0.39 is 22.9 Å². The van der Waals surface area contributed by atoms with Crippen molar-refractivity contribution in [2.45, 2.75) is 77.0 Å². The van der Waals surface area contributed by atoms with E-state index in [1.165, 1.54) is 0 Å². The minimum atomic E-state index is -1.09. The lowest BCUT2D eigenvalue weighted by atomic mass is 9.46. The normalized spacial score (nSPS) is 49.6. The summed E-state index contributed by atoms with van der Waals surface area (Å²) in [7, 11) is 3.54. The number of amides is 1. The molecule has 5 aliphatic rings. The Morgan fingerprint density at radius 2 is 1.94 bits per heavy atom. The second-order valence-electron chi connectivity index (χ2n) is 11.5. The maximum atomic E-state index is 13.7. The molecule has 0 aromatic carbocycles. The van der Waals surface area contributed by atoms with Gasteiger partial charge in [-0.05, 0) is 63.5 Å². The van der Waals surface area contributed by atoms with Crippen LogP contribution in [-0.2, 0) is 19.1 Å². The molecule has 2 unspecified atom stereocenters. The molecule has 4 fully saturated rings. The van der Waals surface area contributed by atoms with Gasteiger partial charge in [-0.15, -0.1) is 0 Å². The van der Waals surface area contributed by atoms with Crippen LogP contribution in [-0.4, -0.2) is 59.4 Å². The van der Waals surface area contributed by atoms with Crippen molar-refractivity contribution in [3.63, 3.8) is 0 Å². The summed E-state index contributed by atoms with van der Waals surface area (Å²) in [5.74, 6) is -0.405. The molecule has 1 N–H and O–H groups in total. The molecule has 6 heteroatoms. The van der Waals surface area contributed by atoms with E-state index in [2.05, 4.69) is 13.8 Å². The smallest absolute Gasteiger partial charge is 0.257 e. The summed E-state index contributed by atoms with van der Waals surface area (Å²) in [5.41, 5.74) is -0.810. The predicted octanol–water partition coefficient (Wildman–Crippen LogP) is 2.85. The van der Waals surface area contributed by atoms with Crippen molar-refractivity contribution in [1.29, 1.82) is 0 Å². The summed E-state index contributed by atoms with van der Waals surface area (Å²) in [6.45, 7) is 8.05. The van der Waals surface area contributed by atoms with E-state index in [4.69, 9.17) is 9.47 Å². The molecule has 0 aromatic heterocycles. The topological polar surface area (TPSA) is 76.1 Å². The minimum Gasteiger partial charge on any atom is -0.393 e. The van der Waals surface area contributed by atoms with Crippen molar-refractivity contribution in [3.8, 4) is 0 Å². The van der Waals surface area contributed by atoms with Crippen LogP contribution < -0.4 is 0 Å². The molecule has 4 aliphatic carbocycles.